The number of nitrogens with zero attached hydrogens (tertiary/aromatic N) is 1. The number of ether oxygens (including phenoxy) is 1. The summed E-state index contributed by atoms with van der Waals surface area (Å²) < 4.78 is 5.59. The van der Waals surface area contributed by atoms with Crippen LogP contribution in [-0.4, -0.2) is 17.9 Å². The number of benzene rings is 1. The monoisotopic (exact) mass is 247 g/mol. The van der Waals surface area contributed by atoms with Crippen molar-refractivity contribution in [3.63, 3.8) is 0 Å². The fourth-order valence-electron chi connectivity index (χ4n) is 1.38. The van der Waals surface area contributed by atoms with Crippen LogP contribution in [0.5, 0.6) is 5.75 Å². The lowest BCUT2D eigenvalue weighted by atomic mass is 10.2. The first-order chi connectivity index (χ1) is 8.28. The van der Waals surface area contributed by atoms with Gasteiger partial charge in [-0.15, -0.1) is 11.3 Å². The highest BCUT2D eigenvalue weighted by Gasteiger charge is 2.01. The van der Waals surface area contributed by atoms with Crippen molar-refractivity contribution < 1.29 is 9.53 Å². The van der Waals surface area contributed by atoms with Crippen molar-refractivity contribution in [3.05, 3.63) is 45.9 Å². The molecule has 2 aromatic rings. The Bertz CT molecular complexity index is 490. The lowest BCUT2D eigenvalue weighted by Crippen LogP contribution is -2.01. The van der Waals surface area contributed by atoms with Gasteiger partial charge in [-0.25, -0.2) is 4.98 Å². The molecule has 0 unspecified atom stereocenters. The number of rotatable bonds is 5. The van der Waals surface area contributed by atoms with Crippen molar-refractivity contribution in [1.29, 1.82) is 0 Å². The Kier molecular flexibility index (Phi) is 3.88. The molecular formula is C13H13NO2S. The van der Waals surface area contributed by atoms with Crippen molar-refractivity contribution in [1.82, 2.24) is 4.98 Å². The Labute approximate surface area is 104 Å². The third kappa shape index (κ3) is 3.39. The van der Waals surface area contributed by atoms with Crippen LogP contribution in [0.25, 0.3) is 0 Å². The summed E-state index contributed by atoms with van der Waals surface area (Å²) in [7, 11) is 0. The minimum atomic E-state index is 0.500. The molecule has 0 spiro atoms. The predicted octanol–water partition coefficient (Wildman–Crippen LogP) is 2.89. The van der Waals surface area contributed by atoms with E-state index in [1.54, 1.807) is 5.38 Å². The number of thiazole rings is 1. The van der Waals surface area contributed by atoms with Crippen LogP contribution in [0.3, 0.4) is 0 Å². The molecule has 88 valence electrons. The highest BCUT2D eigenvalue weighted by Crippen LogP contribution is 2.13. The van der Waals surface area contributed by atoms with E-state index in [0.29, 0.717) is 12.3 Å². The number of aromatic nitrogens is 1. The Morgan fingerprint density at radius 3 is 2.76 bits per heavy atom. The number of carbonyl (C=O) groups is 1. The molecule has 3 nitrogen and oxygen atoms in total. The van der Waals surface area contributed by atoms with Crippen LogP contribution in [0.15, 0.2) is 29.6 Å². The molecule has 1 aromatic carbocycles. The molecular weight excluding hydrogens is 234 g/mol. The van der Waals surface area contributed by atoms with Crippen molar-refractivity contribution >= 4 is 17.6 Å². The third-order valence-electron chi connectivity index (χ3n) is 2.30. The van der Waals surface area contributed by atoms with E-state index in [2.05, 4.69) is 4.98 Å². The second-order valence-electron chi connectivity index (χ2n) is 3.70. The zero-order chi connectivity index (χ0) is 12.1. The zero-order valence-electron chi connectivity index (χ0n) is 9.55. The van der Waals surface area contributed by atoms with E-state index in [1.807, 2.05) is 31.2 Å². The van der Waals surface area contributed by atoms with Gasteiger partial charge >= 0.3 is 0 Å². The number of carbonyl (C=O) groups excluding carboxylic acids is 1. The Hall–Kier alpha value is -1.68. The molecule has 0 radical (unpaired) electrons. The molecule has 0 N–H and O–H groups in total. The van der Waals surface area contributed by atoms with Gasteiger partial charge in [0.05, 0.1) is 11.6 Å². The molecule has 4 heteroatoms. The molecule has 0 amide bonds. The Morgan fingerprint density at radius 1 is 1.35 bits per heavy atom. The van der Waals surface area contributed by atoms with E-state index >= 15 is 0 Å². The Balaban J connectivity index is 1.83. The van der Waals surface area contributed by atoms with Crippen molar-refractivity contribution in [2.24, 2.45) is 0 Å². The second kappa shape index (κ2) is 5.59. The summed E-state index contributed by atoms with van der Waals surface area (Å²) in [6, 6.07) is 7.94. The van der Waals surface area contributed by atoms with Gasteiger partial charge in [0.1, 0.15) is 11.4 Å². The third-order valence-corrected chi connectivity index (χ3v) is 3.22. The van der Waals surface area contributed by atoms with E-state index in [0.717, 1.165) is 23.5 Å². The number of aryl methyl sites for hydroxylation is 1. The summed E-state index contributed by atoms with van der Waals surface area (Å²) in [6.45, 7) is 2.62. The first-order valence-electron chi connectivity index (χ1n) is 5.37. The van der Waals surface area contributed by atoms with Gasteiger partial charge in [-0.3, -0.25) is 4.79 Å². The summed E-state index contributed by atoms with van der Waals surface area (Å²) in [5, 5.41) is 2.69. The van der Waals surface area contributed by atoms with Crippen LogP contribution in [0, 0.1) is 6.92 Å². The molecule has 0 saturated carbocycles. The molecule has 0 aliphatic rings. The van der Waals surface area contributed by atoms with E-state index in [4.69, 9.17) is 4.74 Å². The summed E-state index contributed by atoms with van der Waals surface area (Å²) >= 11 is 1.49. The van der Waals surface area contributed by atoms with Crippen molar-refractivity contribution in [3.8, 4) is 5.75 Å². The SMILES string of the molecule is Cc1ccc(OCCc2nc(C=O)cs2)cc1. The average Bonchev–Trinajstić information content (AvgIpc) is 2.80. The largest absolute Gasteiger partial charge is 0.493 e. The standard InChI is InChI=1S/C13H13NO2S/c1-10-2-4-12(5-3-10)16-7-6-13-14-11(8-15)9-17-13/h2-5,8-9H,6-7H2,1H3. The summed E-state index contributed by atoms with van der Waals surface area (Å²) in [5.74, 6) is 0.864. The topological polar surface area (TPSA) is 39.2 Å². The number of aldehydes is 1. The normalized spacial score (nSPS) is 10.2. The molecule has 0 fully saturated rings. The summed E-state index contributed by atoms with van der Waals surface area (Å²) in [5.41, 5.74) is 1.72. The lowest BCUT2D eigenvalue weighted by Gasteiger charge is -2.04. The van der Waals surface area contributed by atoms with Crippen molar-refractivity contribution in [2.75, 3.05) is 6.61 Å². The fraction of sp³-hybridized carbons (Fsp3) is 0.231. The fourth-order valence-corrected chi connectivity index (χ4v) is 2.11. The first-order valence-corrected chi connectivity index (χ1v) is 6.25. The van der Waals surface area contributed by atoms with Gasteiger partial charge in [-0.05, 0) is 19.1 Å². The molecule has 0 saturated heterocycles. The van der Waals surface area contributed by atoms with Gasteiger partial charge in [0.2, 0.25) is 0 Å². The Morgan fingerprint density at radius 2 is 2.12 bits per heavy atom. The molecule has 0 aliphatic heterocycles. The van der Waals surface area contributed by atoms with Crippen LogP contribution in [-0.2, 0) is 6.42 Å². The zero-order valence-corrected chi connectivity index (χ0v) is 10.4. The summed E-state index contributed by atoms with van der Waals surface area (Å²) in [6.07, 6.45) is 1.49. The highest BCUT2D eigenvalue weighted by molar-refractivity contribution is 7.09. The predicted molar refractivity (Wildman–Crippen MR) is 67.9 cm³/mol. The van der Waals surface area contributed by atoms with Gasteiger partial charge in [0.25, 0.3) is 0 Å². The maximum atomic E-state index is 10.5. The van der Waals surface area contributed by atoms with E-state index < -0.39 is 0 Å². The van der Waals surface area contributed by atoms with Gasteiger partial charge in [0.15, 0.2) is 6.29 Å². The number of hydrogen-bond acceptors (Lipinski definition) is 4. The lowest BCUT2D eigenvalue weighted by molar-refractivity contribution is 0.111. The maximum Gasteiger partial charge on any atom is 0.169 e. The smallest absolute Gasteiger partial charge is 0.169 e. The molecule has 1 heterocycles. The molecule has 17 heavy (non-hydrogen) atoms. The van der Waals surface area contributed by atoms with E-state index in [9.17, 15) is 4.79 Å². The average molecular weight is 247 g/mol. The molecule has 0 bridgehead atoms. The first kappa shape index (κ1) is 11.8. The molecule has 1 aromatic heterocycles. The minimum absolute atomic E-state index is 0.500. The molecule has 0 atom stereocenters. The second-order valence-corrected chi connectivity index (χ2v) is 4.64. The van der Waals surface area contributed by atoms with Crippen LogP contribution in [0.4, 0.5) is 0 Å². The van der Waals surface area contributed by atoms with Crippen molar-refractivity contribution in [2.45, 2.75) is 13.3 Å². The van der Waals surface area contributed by atoms with Gasteiger partial charge < -0.3 is 4.74 Å². The van der Waals surface area contributed by atoms with Crippen LogP contribution in [0.1, 0.15) is 21.1 Å². The summed E-state index contributed by atoms with van der Waals surface area (Å²) in [4.78, 5) is 14.6. The number of hydrogen-bond donors (Lipinski definition) is 0. The quantitative estimate of drug-likeness (QED) is 0.763. The van der Waals surface area contributed by atoms with Gasteiger partial charge in [-0.2, -0.15) is 0 Å². The molecule has 0 aliphatic carbocycles. The minimum Gasteiger partial charge on any atom is -0.493 e. The highest BCUT2D eigenvalue weighted by atomic mass is 32.1. The van der Waals surface area contributed by atoms with Crippen LogP contribution in [0.2, 0.25) is 0 Å². The van der Waals surface area contributed by atoms with E-state index in [-0.39, 0.29) is 0 Å². The van der Waals surface area contributed by atoms with Gasteiger partial charge in [0, 0.05) is 11.8 Å². The van der Waals surface area contributed by atoms with E-state index in [1.165, 1.54) is 16.9 Å². The van der Waals surface area contributed by atoms with Crippen LogP contribution < -0.4 is 4.74 Å². The van der Waals surface area contributed by atoms with Gasteiger partial charge in [-0.1, -0.05) is 17.7 Å². The maximum absolute atomic E-state index is 10.5. The van der Waals surface area contributed by atoms with Crippen LogP contribution >= 0.6 is 11.3 Å². The molecule has 2 rings (SSSR count).